The van der Waals surface area contributed by atoms with Gasteiger partial charge in [0.25, 0.3) is 0 Å². The maximum atomic E-state index is 8.48. The van der Waals surface area contributed by atoms with Gasteiger partial charge in [0.15, 0.2) is 0 Å². The summed E-state index contributed by atoms with van der Waals surface area (Å²) >= 11 is 0. The zero-order chi connectivity index (χ0) is 7.49. The lowest BCUT2D eigenvalue weighted by Gasteiger charge is -2.18. The molecular weight excluding hydrogens is 116 g/mol. The lowest BCUT2D eigenvalue weighted by Crippen LogP contribution is -2.32. The Hall–Kier alpha value is -0.570. The minimum Gasteiger partial charge on any atom is -0.290 e. The van der Waals surface area contributed by atoms with Gasteiger partial charge >= 0.3 is 0 Å². The SMILES string of the molecule is CN=C(NO)C(C)(C)C. The van der Waals surface area contributed by atoms with Crippen LogP contribution in [-0.2, 0) is 0 Å². The van der Waals surface area contributed by atoms with E-state index in [9.17, 15) is 0 Å². The zero-order valence-electron chi connectivity index (χ0n) is 6.39. The standard InChI is InChI=1S/C6H14N2O/c1-6(2,3)5(7-4)8-9/h9H,1-4H3,(H,7,8). The number of rotatable bonds is 0. The van der Waals surface area contributed by atoms with Crippen LogP contribution in [0.4, 0.5) is 0 Å². The van der Waals surface area contributed by atoms with Crippen molar-refractivity contribution in [3.63, 3.8) is 0 Å². The van der Waals surface area contributed by atoms with Gasteiger partial charge in [-0.3, -0.25) is 15.7 Å². The van der Waals surface area contributed by atoms with Crippen LogP contribution < -0.4 is 5.48 Å². The predicted molar refractivity (Wildman–Crippen MR) is 37.7 cm³/mol. The van der Waals surface area contributed by atoms with Crippen molar-refractivity contribution in [1.82, 2.24) is 5.48 Å². The molecule has 54 valence electrons. The van der Waals surface area contributed by atoms with E-state index in [0.29, 0.717) is 5.84 Å². The summed E-state index contributed by atoms with van der Waals surface area (Å²) in [6.07, 6.45) is 0. The molecule has 0 radical (unpaired) electrons. The van der Waals surface area contributed by atoms with Crippen LogP contribution in [0, 0.1) is 5.41 Å². The smallest absolute Gasteiger partial charge is 0.125 e. The van der Waals surface area contributed by atoms with Crippen LogP contribution in [0.2, 0.25) is 0 Å². The molecule has 0 spiro atoms. The van der Waals surface area contributed by atoms with Gasteiger partial charge in [0.1, 0.15) is 5.84 Å². The van der Waals surface area contributed by atoms with Crippen molar-refractivity contribution in [3.8, 4) is 0 Å². The molecule has 0 fully saturated rings. The van der Waals surface area contributed by atoms with Crippen molar-refractivity contribution >= 4 is 5.84 Å². The largest absolute Gasteiger partial charge is 0.290 e. The van der Waals surface area contributed by atoms with Crippen LogP contribution in [-0.4, -0.2) is 18.1 Å². The molecule has 0 aromatic rings. The van der Waals surface area contributed by atoms with E-state index >= 15 is 0 Å². The summed E-state index contributed by atoms with van der Waals surface area (Å²) in [5, 5.41) is 8.48. The van der Waals surface area contributed by atoms with E-state index in [2.05, 4.69) is 4.99 Å². The molecule has 0 amide bonds. The first-order valence-electron chi connectivity index (χ1n) is 2.89. The monoisotopic (exact) mass is 130 g/mol. The summed E-state index contributed by atoms with van der Waals surface area (Å²) in [6, 6.07) is 0. The van der Waals surface area contributed by atoms with Crippen molar-refractivity contribution in [3.05, 3.63) is 0 Å². The average molecular weight is 130 g/mol. The molecule has 3 nitrogen and oxygen atoms in total. The molecule has 0 saturated carbocycles. The zero-order valence-corrected chi connectivity index (χ0v) is 6.39. The van der Waals surface area contributed by atoms with Gasteiger partial charge in [-0.1, -0.05) is 20.8 Å². The Morgan fingerprint density at radius 1 is 1.44 bits per heavy atom. The number of amidine groups is 1. The molecule has 0 aliphatic carbocycles. The Kier molecular flexibility index (Phi) is 2.65. The summed E-state index contributed by atoms with van der Waals surface area (Å²) in [6.45, 7) is 5.91. The van der Waals surface area contributed by atoms with Crippen LogP contribution >= 0.6 is 0 Å². The Morgan fingerprint density at radius 2 is 1.89 bits per heavy atom. The second-order valence-electron chi connectivity index (χ2n) is 2.93. The number of nitrogens with zero attached hydrogens (tertiary/aromatic N) is 1. The molecular formula is C6H14N2O. The van der Waals surface area contributed by atoms with Crippen molar-refractivity contribution in [1.29, 1.82) is 0 Å². The first-order valence-corrected chi connectivity index (χ1v) is 2.89. The molecule has 0 rings (SSSR count). The van der Waals surface area contributed by atoms with Gasteiger partial charge in [0, 0.05) is 12.5 Å². The van der Waals surface area contributed by atoms with E-state index in [4.69, 9.17) is 5.21 Å². The highest BCUT2D eigenvalue weighted by molar-refractivity contribution is 5.85. The maximum Gasteiger partial charge on any atom is 0.125 e. The highest BCUT2D eigenvalue weighted by atomic mass is 16.5. The van der Waals surface area contributed by atoms with Gasteiger partial charge in [-0.2, -0.15) is 0 Å². The second kappa shape index (κ2) is 2.82. The summed E-state index contributed by atoms with van der Waals surface area (Å²) in [5.74, 6) is 0.600. The molecule has 3 heteroatoms. The van der Waals surface area contributed by atoms with Gasteiger partial charge < -0.3 is 0 Å². The van der Waals surface area contributed by atoms with Crippen molar-refractivity contribution in [2.24, 2.45) is 10.4 Å². The van der Waals surface area contributed by atoms with E-state index in [1.807, 2.05) is 26.3 Å². The highest BCUT2D eigenvalue weighted by Gasteiger charge is 2.16. The molecule has 0 aromatic heterocycles. The first-order chi connectivity index (χ1) is 4.02. The van der Waals surface area contributed by atoms with E-state index in [1.165, 1.54) is 0 Å². The molecule has 0 heterocycles. The molecule has 0 aliphatic heterocycles. The number of hydroxylamine groups is 1. The molecule has 0 atom stereocenters. The molecule has 0 aromatic carbocycles. The molecule has 0 unspecified atom stereocenters. The molecule has 9 heavy (non-hydrogen) atoms. The molecule has 2 N–H and O–H groups in total. The third kappa shape index (κ3) is 2.46. The minimum atomic E-state index is -0.0938. The fraction of sp³-hybridized carbons (Fsp3) is 0.833. The van der Waals surface area contributed by atoms with Crippen molar-refractivity contribution in [2.75, 3.05) is 7.05 Å². The summed E-state index contributed by atoms with van der Waals surface area (Å²) in [7, 11) is 1.64. The van der Waals surface area contributed by atoms with Gasteiger partial charge in [-0.05, 0) is 0 Å². The molecule has 0 bridgehead atoms. The predicted octanol–water partition coefficient (Wildman–Crippen LogP) is 1.04. The summed E-state index contributed by atoms with van der Waals surface area (Å²) in [5.41, 5.74) is 1.95. The highest BCUT2D eigenvalue weighted by Crippen LogP contribution is 2.12. The fourth-order valence-corrected chi connectivity index (χ4v) is 0.553. The van der Waals surface area contributed by atoms with E-state index < -0.39 is 0 Å². The average Bonchev–Trinajstić information content (AvgIpc) is 1.65. The second-order valence-corrected chi connectivity index (χ2v) is 2.93. The summed E-state index contributed by atoms with van der Waals surface area (Å²) < 4.78 is 0. The van der Waals surface area contributed by atoms with Crippen LogP contribution in [0.1, 0.15) is 20.8 Å². The minimum absolute atomic E-state index is 0.0938. The van der Waals surface area contributed by atoms with Gasteiger partial charge in [0.2, 0.25) is 0 Å². The van der Waals surface area contributed by atoms with E-state index in [0.717, 1.165) is 0 Å². The number of hydrogen-bond donors (Lipinski definition) is 2. The van der Waals surface area contributed by atoms with Crippen LogP contribution in [0.15, 0.2) is 4.99 Å². The molecule has 0 saturated heterocycles. The van der Waals surface area contributed by atoms with E-state index in [1.54, 1.807) is 7.05 Å². The van der Waals surface area contributed by atoms with Crippen LogP contribution in [0.25, 0.3) is 0 Å². The third-order valence-corrected chi connectivity index (χ3v) is 1.04. The Bertz CT molecular complexity index is 113. The van der Waals surface area contributed by atoms with E-state index in [-0.39, 0.29) is 5.41 Å². The Morgan fingerprint density at radius 3 is 1.89 bits per heavy atom. The van der Waals surface area contributed by atoms with Gasteiger partial charge in [0.05, 0.1) is 0 Å². The quantitative estimate of drug-likeness (QED) is 0.292. The van der Waals surface area contributed by atoms with Crippen LogP contribution in [0.5, 0.6) is 0 Å². The number of nitrogens with one attached hydrogen (secondary N) is 1. The number of hydrogen-bond acceptors (Lipinski definition) is 2. The fourth-order valence-electron chi connectivity index (χ4n) is 0.553. The van der Waals surface area contributed by atoms with Crippen LogP contribution in [0.3, 0.4) is 0 Å². The maximum absolute atomic E-state index is 8.48. The lowest BCUT2D eigenvalue weighted by atomic mass is 9.95. The number of aliphatic imine (C=N–C) groups is 1. The van der Waals surface area contributed by atoms with Crippen molar-refractivity contribution in [2.45, 2.75) is 20.8 Å². The normalized spacial score (nSPS) is 13.7. The third-order valence-electron chi connectivity index (χ3n) is 1.04. The lowest BCUT2D eigenvalue weighted by molar-refractivity contribution is 0.221. The Labute approximate surface area is 55.8 Å². The first kappa shape index (κ1) is 8.43. The molecule has 0 aliphatic rings. The van der Waals surface area contributed by atoms with Crippen molar-refractivity contribution < 1.29 is 5.21 Å². The Balaban J connectivity index is 4.14. The van der Waals surface area contributed by atoms with Gasteiger partial charge in [-0.15, -0.1) is 0 Å². The topological polar surface area (TPSA) is 44.6 Å². The summed E-state index contributed by atoms with van der Waals surface area (Å²) in [4.78, 5) is 3.83. The van der Waals surface area contributed by atoms with Gasteiger partial charge in [-0.25, -0.2) is 0 Å².